The molecule has 6 rings (SSSR count). The third-order valence-electron chi connectivity index (χ3n) is 9.01. The summed E-state index contributed by atoms with van der Waals surface area (Å²) in [5.74, 6) is 0.461. The second kappa shape index (κ2) is 12.5. The minimum atomic E-state index is -0.873. The van der Waals surface area contributed by atoms with Gasteiger partial charge in [-0.1, -0.05) is 36.4 Å². The molecule has 3 aliphatic rings. The van der Waals surface area contributed by atoms with Crippen LogP contribution < -0.4 is 9.64 Å². The molecule has 0 spiro atoms. The molecule has 0 radical (unpaired) electrons. The SMILES string of the molecule is [C-]#[N+]C[C@H]1CN(c2nc(OC[C@@H]3C[C@@H](F)CN3C)nc3cc(-c4cccc5c4CCCC5)c(Cl)cc23)CCN1C(=O)C=C. The fraction of sp³-hybridized carbons (Fsp3) is 0.455. The van der Waals surface area contributed by atoms with Crippen molar-refractivity contribution < 1.29 is 13.9 Å². The first kappa shape index (κ1) is 29.3. The molecule has 2 fully saturated rings. The molecular weight excluding hydrogens is 567 g/mol. The van der Waals surface area contributed by atoms with Crippen molar-refractivity contribution in [2.24, 2.45) is 0 Å². The van der Waals surface area contributed by atoms with Crippen LogP contribution in [0, 0.1) is 6.57 Å². The molecule has 224 valence electrons. The molecule has 1 amide bonds. The van der Waals surface area contributed by atoms with Crippen molar-refractivity contribution in [1.29, 1.82) is 0 Å². The number of halogens is 2. The van der Waals surface area contributed by atoms with Gasteiger partial charge in [0.05, 0.1) is 5.52 Å². The molecular formula is C33H36ClFN6O2. The number of benzene rings is 2. The molecule has 8 nitrogen and oxygen atoms in total. The quantitative estimate of drug-likeness (QED) is 0.268. The van der Waals surface area contributed by atoms with E-state index in [-0.39, 0.29) is 37.2 Å². The Hall–Kier alpha value is -3.74. The van der Waals surface area contributed by atoms with E-state index < -0.39 is 6.17 Å². The molecule has 1 aliphatic carbocycles. The van der Waals surface area contributed by atoms with Crippen LogP contribution in [0.5, 0.6) is 6.01 Å². The van der Waals surface area contributed by atoms with Crippen LogP contribution in [0.2, 0.25) is 5.02 Å². The minimum Gasteiger partial charge on any atom is -0.462 e. The number of likely N-dealkylation sites (tertiary alicyclic amines) is 1. The van der Waals surface area contributed by atoms with Gasteiger partial charge in [0.15, 0.2) is 0 Å². The maximum absolute atomic E-state index is 14.0. The molecule has 43 heavy (non-hydrogen) atoms. The molecule has 1 aromatic heterocycles. The van der Waals surface area contributed by atoms with Crippen LogP contribution in [0.3, 0.4) is 0 Å². The third kappa shape index (κ3) is 5.91. The third-order valence-corrected chi connectivity index (χ3v) is 9.33. The number of carbonyl (C=O) groups is 1. The summed E-state index contributed by atoms with van der Waals surface area (Å²) < 4.78 is 20.2. The smallest absolute Gasteiger partial charge is 0.319 e. The van der Waals surface area contributed by atoms with Gasteiger partial charge in [0.1, 0.15) is 24.6 Å². The van der Waals surface area contributed by atoms with E-state index in [1.807, 2.05) is 24.1 Å². The van der Waals surface area contributed by atoms with Crippen molar-refractivity contribution in [2.45, 2.75) is 50.4 Å². The number of fused-ring (bicyclic) bond motifs is 2. The Morgan fingerprint density at radius 3 is 2.79 bits per heavy atom. The molecule has 3 atom stereocenters. The van der Waals surface area contributed by atoms with Crippen LogP contribution >= 0.6 is 11.6 Å². The minimum absolute atomic E-state index is 0.0640. The molecule has 2 aliphatic heterocycles. The number of rotatable bonds is 7. The Bertz CT molecular complexity index is 1590. The zero-order valence-electron chi connectivity index (χ0n) is 24.4. The number of anilines is 1. The van der Waals surface area contributed by atoms with E-state index in [4.69, 9.17) is 32.9 Å². The van der Waals surface area contributed by atoms with Gasteiger partial charge >= 0.3 is 6.01 Å². The van der Waals surface area contributed by atoms with Crippen molar-refractivity contribution in [3.8, 4) is 17.1 Å². The normalized spacial score (nSPS) is 22.3. The highest BCUT2D eigenvalue weighted by Crippen LogP contribution is 2.40. The highest BCUT2D eigenvalue weighted by atomic mass is 35.5. The average Bonchev–Trinajstić information content (AvgIpc) is 3.35. The number of piperazine rings is 1. The summed E-state index contributed by atoms with van der Waals surface area (Å²) in [5, 5.41) is 1.39. The van der Waals surface area contributed by atoms with Crippen LogP contribution in [0.15, 0.2) is 43.0 Å². The predicted molar refractivity (Wildman–Crippen MR) is 167 cm³/mol. The molecule has 0 saturated carbocycles. The van der Waals surface area contributed by atoms with Gasteiger partial charge in [-0.25, -0.2) is 11.0 Å². The first-order valence-electron chi connectivity index (χ1n) is 15.0. The number of amides is 1. The molecule has 3 heterocycles. The summed E-state index contributed by atoms with van der Waals surface area (Å²) in [6.45, 7) is 13.3. The predicted octanol–water partition coefficient (Wildman–Crippen LogP) is 5.37. The molecule has 10 heteroatoms. The summed E-state index contributed by atoms with van der Waals surface area (Å²) in [6, 6.07) is 10.2. The Kier molecular flexibility index (Phi) is 8.51. The van der Waals surface area contributed by atoms with E-state index in [0.717, 1.165) is 35.8 Å². The number of hydrogen-bond acceptors (Lipinski definition) is 6. The zero-order chi connectivity index (χ0) is 30.1. The Morgan fingerprint density at radius 1 is 1.19 bits per heavy atom. The lowest BCUT2D eigenvalue weighted by Crippen LogP contribution is -2.56. The summed E-state index contributed by atoms with van der Waals surface area (Å²) in [6.07, 6.45) is 5.27. The maximum Gasteiger partial charge on any atom is 0.319 e. The largest absolute Gasteiger partial charge is 0.462 e. The van der Waals surface area contributed by atoms with Crippen LogP contribution in [-0.2, 0) is 17.6 Å². The van der Waals surface area contributed by atoms with Gasteiger partial charge in [-0.3, -0.25) is 9.69 Å². The molecule has 2 saturated heterocycles. The van der Waals surface area contributed by atoms with Crippen molar-refractivity contribution in [3.05, 3.63) is 70.6 Å². The number of nitrogens with zero attached hydrogens (tertiary/aromatic N) is 6. The van der Waals surface area contributed by atoms with Crippen LogP contribution in [-0.4, -0.2) is 90.3 Å². The van der Waals surface area contributed by atoms with Gasteiger partial charge in [0, 0.05) is 48.2 Å². The Labute approximate surface area is 256 Å². The highest BCUT2D eigenvalue weighted by molar-refractivity contribution is 6.34. The molecule has 0 unspecified atom stereocenters. The Morgan fingerprint density at radius 2 is 2.02 bits per heavy atom. The topological polar surface area (TPSA) is 66.2 Å². The van der Waals surface area contributed by atoms with E-state index >= 15 is 0 Å². The van der Waals surface area contributed by atoms with Gasteiger partial charge in [-0.2, -0.15) is 9.97 Å². The van der Waals surface area contributed by atoms with Crippen molar-refractivity contribution in [1.82, 2.24) is 19.8 Å². The Balaban J connectivity index is 1.41. The van der Waals surface area contributed by atoms with Gasteiger partial charge in [0.25, 0.3) is 0 Å². The van der Waals surface area contributed by atoms with Crippen LogP contribution in [0.1, 0.15) is 30.4 Å². The van der Waals surface area contributed by atoms with E-state index in [0.29, 0.717) is 49.0 Å². The van der Waals surface area contributed by atoms with Crippen LogP contribution in [0.25, 0.3) is 26.9 Å². The van der Waals surface area contributed by atoms with E-state index in [1.54, 1.807) is 4.90 Å². The van der Waals surface area contributed by atoms with E-state index in [9.17, 15) is 9.18 Å². The average molecular weight is 603 g/mol. The molecule has 0 bridgehead atoms. The lowest BCUT2D eigenvalue weighted by molar-refractivity contribution is -0.128. The fourth-order valence-electron chi connectivity index (χ4n) is 6.75. The molecule has 2 aromatic carbocycles. The summed E-state index contributed by atoms with van der Waals surface area (Å²) in [5.41, 5.74) is 5.46. The number of ether oxygens (including phenoxy) is 1. The molecule has 3 aromatic rings. The number of carbonyl (C=O) groups excluding carboxylic acids is 1. The van der Waals surface area contributed by atoms with Gasteiger partial charge < -0.3 is 19.4 Å². The highest BCUT2D eigenvalue weighted by Gasteiger charge is 2.34. The van der Waals surface area contributed by atoms with Crippen molar-refractivity contribution >= 4 is 34.2 Å². The van der Waals surface area contributed by atoms with Crippen molar-refractivity contribution in [2.75, 3.05) is 51.3 Å². The number of aryl methyl sites for hydroxylation is 1. The van der Waals surface area contributed by atoms with Crippen molar-refractivity contribution in [3.63, 3.8) is 0 Å². The van der Waals surface area contributed by atoms with E-state index in [2.05, 4.69) is 34.5 Å². The van der Waals surface area contributed by atoms with Gasteiger partial charge in [-0.15, -0.1) is 0 Å². The number of alkyl halides is 1. The molecule has 0 N–H and O–H groups in total. The monoisotopic (exact) mass is 602 g/mol. The van der Waals surface area contributed by atoms with Gasteiger partial charge in [-0.05, 0) is 74.1 Å². The zero-order valence-corrected chi connectivity index (χ0v) is 25.2. The fourth-order valence-corrected chi connectivity index (χ4v) is 7.02. The van der Waals surface area contributed by atoms with E-state index in [1.165, 1.54) is 23.6 Å². The summed E-state index contributed by atoms with van der Waals surface area (Å²) >= 11 is 7.02. The standard InChI is InChI=1S/C33H36ClFN6O2/c1-4-31(42)41-13-12-40(19-24(41)17-36-2)32-28-15-29(34)27(26-11-7-9-21-8-5-6-10-25(21)26)16-30(28)37-33(38-32)43-20-23-14-22(35)18-39(23)3/h4,7,9,11,15-16,22-24H,1,5-6,8,10,12-14,17-20H2,3H3/t22-,23+,24+/m1/s1. The second-order valence-electron chi connectivity index (χ2n) is 11.7. The number of likely N-dealkylation sites (N-methyl/N-ethyl adjacent to an activating group) is 1. The summed E-state index contributed by atoms with van der Waals surface area (Å²) in [7, 11) is 1.90. The summed E-state index contributed by atoms with van der Waals surface area (Å²) in [4.78, 5) is 31.6. The number of hydrogen-bond donors (Lipinski definition) is 0. The van der Waals surface area contributed by atoms with Crippen LogP contribution in [0.4, 0.5) is 10.2 Å². The second-order valence-corrected chi connectivity index (χ2v) is 12.2. The van der Waals surface area contributed by atoms with Gasteiger partial charge in [0.2, 0.25) is 12.5 Å². The number of aromatic nitrogens is 2. The lowest BCUT2D eigenvalue weighted by atomic mass is 9.86. The lowest BCUT2D eigenvalue weighted by Gasteiger charge is -2.39. The first-order chi connectivity index (χ1) is 20.9. The first-order valence-corrected chi connectivity index (χ1v) is 15.3. The maximum atomic E-state index is 14.0.